The Labute approximate surface area is 178 Å². The first-order valence-corrected chi connectivity index (χ1v) is 10.9. The van der Waals surface area contributed by atoms with Crippen molar-refractivity contribution < 1.29 is 9.53 Å². The Balaban J connectivity index is 1.23. The lowest BCUT2D eigenvalue weighted by molar-refractivity contribution is -0.125. The van der Waals surface area contributed by atoms with Crippen LogP contribution in [0.2, 0.25) is 0 Å². The van der Waals surface area contributed by atoms with Gasteiger partial charge in [0.25, 0.3) is 0 Å². The van der Waals surface area contributed by atoms with Crippen molar-refractivity contribution in [3.63, 3.8) is 0 Å². The number of ether oxygens (including phenoxy) is 1. The molecule has 0 saturated carbocycles. The van der Waals surface area contributed by atoms with Crippen LogP contribution in [-0.2, 0) is 22.4 Å². The lowest BCUT2D eigenvalue weighted by atomic mass is 9.86. The minimum absolute atomic E-state index is 0.0159. The van der Waals surface area contributed by atoms with Gasteiger partial charge < -0.3 is 19.9 Å². The molecule has 0 spiro atoms. The predicted molar refractivity (Wildman–Crippen MR) is 118 cm³/mol. The van der Waals surface area contributed by atoms with Crippen molar-refractivity contribution in [3.8, 4) is 0 Å². The molecule has 2 aliphatic rings. The number of carbonyl (C=O) groups is 1. The Morgan fingerprint density at radius 2 is 2.07 bits per heavy atom. The number of anilines is 2. The number of para-hydroxylation sites is 1. The number of carbonyl (C=O) groups excluding carboxylic acids is 1. The molecule has 7 heteroatoms. The Morgan fingerprint density at radius 3 is 2.87 bits per heavy atom. The first-order chi connectivity index (χ1) is 14.7. The first-order valence-electron chi connectivity index (χ1n) is 10.9. The molecule has 1 aromatic carbocycles. The Morgan fingerprint density at radius 1 is 1.27 bits per heavy atom. The van der Waals surface area contributed by atoms with Crippen LogP contribution in [0, 0.1) is 5.92 Å². The van der Waals surface area contributed by atoms with Gasteiger partial charge in [0.2, 0.25) is 11.9 Å². The molecule has 1 aliphatic carbocycles. The van der Waals surface area contributed by atoms with E-state index in [2.05, 4.69) is 39.3 Å². The topological polar surface area (TPSA) is 70.6 Å². The molecule has 1 N–H and O–H groups in total. The summed E-state index contributed by atoms with van der Waals surface area (Å²) in [6.45, 7) is 4.74. The van der Waals surface area contributed by atoms with Crippen LogP contribution in [0.3, 0.4) is 0 Å². The molecule has 2 heterocycles. The molecule has 1 aliphatic heterocycles. The molecule has 1 atom stereocenters. The van der Waals surface area contributed by atoms with E-state index in [0.717, 1.165) is 75.7 Å². The molecular weight excluding hydrogens is 378 g/mol. The number of amides is 1. The first kappa shape index (κ1) is 20.6. The number of aryl methyl sites for hydroxylation is 1. The fraction of sp³-hybridized carbons (Fsp3) is 0.522. The Kier molecular flexibility index (Phi) is 6.79. The lowest BCUT2D eigenvalue weighted by Gasteiger charge is -2.28. The van der Waals surface area contributed by atoms with Crippen LogP contribution in [0.15, 0.2) is 36.5 Å². The van der Waals surface area contributed by atoms with Gasteiger partial charge in [0, 0.05) is 56.7 Å². The zero-order chi connectivity index (χ0) is 20.8. The monoisotopic (exact) mass is 409 g/mol. The number of nitrogens with one attached hydrogen (secondary N) is 1. The van der Waals surface area contributed by atoms with Gasteiger partial charge in [0.15, 0.2) is 0 Å². The molecule has 30 heavy (non-hydrogen) atoms. The summed E-state index contributed by atoms with van der Waals surface area (Å²) in [5.74, 6) is 0.963. The highest BCUT2D eigenvalue weighted by Crippen LogP contribution is 2.25. The molecule has 1 unspecified atom stereocenters. The van der Waals surface area contributed by atoms with Gasteiger partial charge >= 0.3 is 0 Å². The maximum Gasteiger partial charge on any atom is 0.225 e. The fourth-order valence-electron chi connectivity index (χ4n) is 4.12. The van der Waals surface area contributed by atoms with Gasteiger partial charge in [0.05, 0.1) is 13.2 Å². The largest absolute Gasteiger partial charge is 0.378 e. The van der Waals surface area contributed by atoms with Gasteiger partial charge in [-0.3, -0.25) is 4.79 Å². The molecule has 1 amide bonds. The summed E-state index contributed by atoms with van der Waals surface area (Å²) in [5.41, 5.74) is 3.41. The maximum atomic E-state index is 12.6. The van der Waals surface area contributed by atoms with Gasteiger partial charge in [-0.1, -0.05) is 18.2 Å². The Bertz CT molecular complexity index is 839. The van der Waals surface area contributed by atoms with Crippen molar-refractivity contribution >= 4 is 17.5 Å². The van der Waals surface area contributed by atoms with Crippen molar-refractivity contribution in [1.29, 1.82) is 0 Å². The number of hydrogen-bond donors (Lipinski definition) is 1. The minimum Gasteiger partial charge on any atom is -0.378 e. The molecule has 160 valence electrons. The normalized spacial score (nSPS) is 18.6. The molecule has 7 nitrogen and oxygen atoms in total. The number of aromatic nitrogens is 2. The third-order valence-corrected chi connectivity index (χ3v) is 5.97. The third-order valence-electron chi connectivity index (χ3n) is 5.97. The van der Waals surface area contributed by atoms with E-state index < -0.39 is 0 Å². The van der Waals surface area contributed by atoms with Crippen molar-refractivity contribution in [2.45, 2.75) is 25.7 Å². The summed E-state index contributed by atoms with van der Waals surface area (Å²) in [7, 11) is 2.08. The zero-order valence-electron chi connectivity index (χ0n) is 17.7. The Hall–Kier alpha value is -2.67. The summed E-state index contributed by atoms with van der Waals surface area (Å²) < 4.78 is 5.41. The van der Waals surface area contributed by atoms with Crippen LogP contribution in [0.4, 0.5) is 11.6 Å². The maximum absolute atomic E-state index is 12.6. The second-order valence-corrected chi connectivity index (χ2v) is 8.08. The van der Waals surface area contributed by atoms with Crippen LogP contribution in [0.1, 0.15) is 24.1 Å². The molecule has 4 rings (SSSR count). The molecule has 2 aromatic rings. The molecule has 1 fully saturated rings. The van der Waals surface area contributed by atoms with E-state index in [1.54, 1.807) is 0 Å². The average molecular weight is 410 g/mol. The fourth-order valence-corrected chi connectivity index (χ4v) is 4.12. The molecule has 0 bridgehead atoms. The molecule has 1 saturated heterocycles. The van der Waals surface area contributed by atoms with Crippen molar-refractivity contribution in [2.24, 2.45) is 5.92 Å². The van der Waals surface area contributed by atoms with E-state index in [1.165, 1.54) is 5.69 Å². The number of benzene rings is 1. The molecule has 1 aromatic heterocycles. The van der Waals surface area contributed by atoms with Gasteiger partial charge in [-0.25, -0.2) is 9.97 Å². The average Bonchev–Trinajstić information content (AvgIpc) is 2.82. The minimum atomic E-state index is 0.0159. The van der Waals surface area contributed by atoms with Crippen LogP contribution in [-0.4, -0.2) is 62.3 Å². The van der Waals surface area contributed by atoms with Gasteiger partial charge in [-0.05, 0) is 43.4 Å². The van der Waals surface area contributed by atoms with E-state index in [-0.39, 0.29) is 11.8 Å². The number of rotatable bonds is 7. The smallest absolute Gasteiger partial charge is 0.225 e. The summed E-state index contributed by atoms with van der Waals surface area (Å²) in [5, 5.41) is 3.12. The van der Waals surface area contributed by atoms with E-state index >= 15 is 0 Å². The quantitative estimate of drug-likeness (QED) is 0.706. The highest BCUT2D eigenvalue weighted by atomic mass is 16.5. The summed E-state index contributed by atoms with van der Waals surface area (Å²) in [6.07, 6.45) is 5.26. The summed E-state index contributed by atoms with van der Waals surface area (Å²) >= 11 is 0. The lowest BCUT2D eigenvalue weighted by Crippen LogP contribution is -2.38. The van der Waals surface area contributed by atoms with Crippen LogP contribution < -0.4 is 15.1 Å². The van der Waals surface area contributed by atoms with Gasteiger partial charge in [0.1, 0.15) is 0 Å². The van der Waals surface area contributed by atoms with E-state index in [9.17, 15) is 4.79 Å². The number of fused-ring (bicyclic) bond motifs is 1. The van der Waals surface area contributed by atoms with Crippen LogP contribution in [0.25, 0.3) is 0 Å². The number of morpholine rings is 1. The van der Waals surface area contributed by atoms with Crippen molar-refractivity contribution in [2.75, 3.05) is 56.2 Å². The van der Waals surface area contributed by atoms with E-state index in [4.69, 9.17) is 9.72 Å². The second kappa shape index (κ2) is 9.89. The van der Waals surface area contributed by atoms with Crippen molar-refractivity contribution in [3.05, 3.63) is 47.8 Å². The summed E-state index contributed by atoms with van der Waals surface area (Å²) in [4.78, 5) is 26.4. The number of nitrogens with zero attached hydrogens (tertiary/aromatic N) is 4. The van der Waals surface area contributed by atoms with Crippen LogP contribution >= 0.6 is 0 Å². The van der Waals surface area contributed by atoms with E-state index in [1.807, 2.05) is 24.4 Å². The zero-order valence-corrected chi connectivity index (χ0v) is 17.7. The predicted octanol–water partition coefficient (Wildman–Crippen LogP) is 2.06. The second-order valence-electron chi connectivity index (χ2n) is 8.08. The highest BCUT2D eigenvalue weighted by Gasteiger charge is 2.26. The molecular formula is C23H31N5O2. The van der Waals surface area contributed by atoms with Gasteiger partial charge in [-0.2, -0.15) is 0 Å². The SMILES string of the molecule is CN(CCCNC(=O)C1CCc2nc(N3CCOCC3)ncc2C1)c1ccccc1. The highest BCUT2D eigenvalue weighted by molar-refractivity contribution is 5.79. The van der Waals surface area contributed by atoms with Crippen LogP contribution in [0.5, 0.6) is 0 Å². The van der Waals surface area contributed by atoms with Crippen molar-refractivity contribution in [1.82, 2.24) is 15.3 Å². The standard InChI is InChI=1S/C23H31N5O2/c1-27(20-6-3-2-4-7-20)11-5-10-24-22(29)18-8-9-21-19(16-18)17-25-23(26-21)28-12-14-30-15-13-28/h2-4,6-7,17-18H,5,8-16H2,1H3,(H,24,29). The molecule has 0 radical (unpaired) electrons. The third kappa shape index (κ3) is 5.08. The summed E-state index contributed by atoms with van der Waals surface area (Å²) in [6, 6.07) is 10.3. The van der Waals surface area contributed by atoms with Gasteiger partial charge in [-0.15, -0.1) is 0 Å². The number of hydrogen-bond acceptors (Lipinski definition) is 6. The van der Waals surface area contributed by atoms with E-state index in [0.29, 0.717) is 6.54 Å².